The van der Waals surface area contributed by atoms with E-state index in [-0.39, 0.29) is 17.4 Å². The number of hydrogen-bond acceptors (Lipinski definition) is 5. The number of halogens is 1. The average Bonchev–Trinajstić information content (AvgIpc) is 3.03. The molecule has 27 heavy (non-hydrogen) atoms. The van der Waals surface area contributed by atoms with Crippen LogP contribution >= 0.6 is 27.7 Å². The first-order valence-electron chi connectivity index (χ1n) is 8.09. The third kappa shape index (κ3) is 4.78. The molecule has 0 unspecified atom stereocenters. The normalized spacial score (nSPS) is 10.6. The maximum absolute atomic E-state index is 12.2. The Labute approximate surface area is 169 Å². The number of para-hydroxylation sites is 1. The summed E-state index contributed by atoms with van der Waals surface area (Å²) >= 11 is 4.65. The molecule has 3 rings (SSSR count). The van der Waals surface area contributed by atoms with E-state index in [1.54, 1.807) is 24.3 Å². The lowest BCUT2D eigenvalue weighted by atomic mass is 10.2. The third-order valence-corrected chi connectivity index (χ3v) is 5.07. The molecule has 0 fully saturated rings. The van der Waals surface area contributed by atoms with Crippen LogP contribution < -0.4 is 5.32 Å². The number of benzene rings is 2. The number of aromatic nitrogens is 3. The number of rotatable bonds is 7. The van der Waals surface area contributed by atoms with Crippen LogP contribution in [0.15, 0.2) is 70.8 Å². The van der Waals surface area contributed by atoms with Gasteiger partial charge in [0.05, 0.1) is 11.3 Å². The van der Waals surface area contributed by atoms with Gasteiger partial charge in [-0.15, -0.1) is 16.8 Å². The molecule has 0 saturated carbocycles. The van der Waals surface area contributed by atoms with Gasteiger partial charge in [-0.3, -0.25) is 9.36 Å². The summed E-state index contributed by atoms with van der Waals surface area (Å²) in [6.45, 7) is 4.23. The van der Waals surface area contributed by atoms with Gasteiger partial charge in [0.25, 0.3) is 0 Å². The van der Waals surface area contributed by atoms with Gasteiger partial charge in [-0.1, -0.05) is 52.0 Å². The number of thioether (sulfide) groups is 1. The van der Waals surface area contributed by atoms with Crippen molar-refractivity contribution >= 4 is 39.3 Å². The van der Waals surface area contributed by atoms with Gasteiger partial charge >= 0.3 is 0 Å². The molecule has 0 atom stereocenters. The van der Waals surface area contributed by atoms with Crippen molar-refractivity contribution in [2.24, 2.45) is 0 Å². The summed E-state index contributed by atoms with van der Waals surface area (Å²) in [4.78, 5) is 12.2. The summed E-state index contributed by atoms with van der Waals surface area (Å²) in [6.07, 6.45) is 1.72. The van der Waals surface area contributed by atoms with Crippen LogP contribution in [-0.4, -0.2) is 31.5 Å². The first-order valence-corrected chi connectivity index (χ1v) is 9.87. The highest BCUT2D eigenvalue weighted by molar-refractivity contribution is 9.10. The molecule has 0 aliphatic carbocycles. The second-order valence-electron chi connectivity index (χ2n) is 5.57. The lowest BCUT2D eigenvalue weighted by Crippen LogP contribution is -2.14. The molecule has 0 saturated heterocycles. The van der Waals surface area contributed by atoms with Gasteiger partial charge in [-0.25, -0.2) is 0 Å². The van der Waals surface area contributed by atoms with Gasteiger partial charge in [-0.05, 0) is 30.3 Å². The molecular weight excluding hydrogens is 428 g/mol. The van der Waals surface area contributed by atoms with Gasteiger partial charge in [0.1, 0.15) is 5.75 Å². The Bertz CT molecular complexity index is 974. The number of carbonyl (C=O) groups excluding carboxylic acids is 1. The first kappa shape index (κ1) is 19.2. The molecule has 0 aliphatic rings. The highest BCUT2D eigenvalue weighted by Crippen LogP contribution is 2.30. The van der Waals surface area contributed by atoms with Crippen LogP contribution in [-0.2, 0) is 11.3 Å². The molecule has 6 nitrogen and oxygen atoms in total. The molecule has 3 aromatic rings. The van der Waals surface area contributed by atoms with Gasteiger partial charge in [0.15, 0.2) is 11.0 Å². The number of nitrogens with zero attached hydrogens (tertiary/aromatic N) is 3. The fourth-order valence-corrected chi connectivity index (χ4v) is 3.59. The van der Waals surface area contributed by atoms with Crippen LogP contribution in [0.25, 0.3) is 11.4 Å². The molecule has 1 heterocycles. The maximum Gasteiger partial charge on any atom is 0.234 e. The van der Waals surface area contributed by atoms with E-state index in [9.17, 15) is 9.90 Å². The molecule has 138 valence electrons. The molecule has 0 aliphatic heterocycles. The fraction of sp³-hybridized carbons (Fsp3) is 0.105. The number of nitrogens with one attached hydrogen (secondary N) is 1. The number of carbonyl (C=O) groups is 1. The molecule has 8 heteroatoms. The van der Waals surface area contributed by atoms with Crippen LogP contribution in [0.1, 0.15) is 0 Å². The minimum absolute atomic E-state index is 0.124. The summed E-state index contributed by atoms with van der Waals surface area (Å²) in [5, 5.41) is 21.9. The number of amides is 1. The SMILES string of the molecule is C=CCn1c(SCC(=O)Nc2cccc(Br)c2)nnc1-c1ccccc1O. The summed E-state index contributed by atoms with van der Waals surface area (Å²) < 4.78 is 2.71. The largest absolute Gasteiger partial charge is 0.507 e. The Morgan fingerprint density at radius 1 is 1.26 bits per heavy atom. The summed E-state index contributed by atoms with van der Waals surface area (Å²) in [5.41, 5.74) is 1.30. The van der Waals surface area contributed by atoms with E-state index >= 15 is 0 Å². The van der Waals surface area contributed by atoms with Crippen molar-refractivity contribution in [2.45, 2.75) is 11.7 Å². The lowest BCUT2D eigenvalue weighted by Gasteiger charge is -2.09. The third-order valence-electron chi connectivity index (χ3n) is 3.61. The van der Waals surface area contributed by atoms with Gasteiger partial charge in [-0.2, -0.15) is 0 Å². The number of anilines is 1. The minimum atomic E-state index is -0.143. The molecule has 1 aromatic heterocycles. The fourth-order valence-electron chi connectivity index (χ4n) is 2.44. The molecule has 1 amide bonds. The van der Waals surface area contributed by atoms with E-state index in [0.29, 0.717) is 23.1 Å². The van der Waals surface area contributed by atoms with Crippen LogP contribution in [0.4, 0.5) is 5.69 Å². The van der Waals surface area contributed by atoms with Crippen molar-refractivity contribution in [3.63, 3.8) is 0 Å². The Kier molecular flexibility index (Phi) is 6.31. The first-order chi connectivity index (χ1) is 13.1. The van der Waals surface area contributed by atoms with Gasteiger partial charge in [0, 0.05) is 16.7 Å². The number of hydrogen-bond donors (Lipinski definition) is 2. The molecule has 2 N–H and O–H groups in total. The van der Waals surface area contributed by atoms with Crippen LogP contribution in [0.5, 0.6) is 5.75 Å². The Morgan fingerprint density at radius 3 is 2.81 bits per heavy atom. The zero-order valence-electron chi connectivity index (χ0n) is 14.3. The highest BCUT2D eigenvalue weighted by Gasteiger charge is 2.17. The monoisotopic (exact) mass is 444 g/mol. The van der Waals surface area contributed by atoms with Crippen LogP contribution in [0, 0.1) is 0 Å². The Balaban J connectivity index is 1.74. The quantitative estimate of drug-likeness (QED) is 0.418. The molecule has 0 spiro atoms. The van der Waals surface area contributed by atoms with Gasteiger partial charge < -0.3 is 10.4 Å². The summed E-state index contributed by atoms with van der Waals surface area (Å²) in [7, 11) is 0. The minimum Gasteiger partial charge on any atom is -0.507 e. The maximum atomic E-state index is 12.2. The molecular formula is C19H17BrN4O2S. The predicted molar refractivity (Wildman–Crippen MR) is 111 cm³/mol. The number of aromatic hydroxyl groups is 1. The zero-order valence-corrected chi connectivity index (χ0v) is 16.7. The standard InChI is InChI=1S/C19H17BrN4O2S/c1-2-10-24-18(15-8-3-4-9-16(15)25)22-23-19(24)27-12-17(26)21-14-7-5-6-13(20)11-14/h2-9,11,25H,1,10,12H2,(H,21,26). The molecule has 0 radical (unpaired) electrons. The Morgan fingerprint density at radius 2 is 2.07 bits per heavy atom. The Hall–Kier alpha value is -2.58. The highest BCUT2D eigenvalue weighted by atomic mass is 79.9. The summed E-state index contributed by atoms with van der Waals surface area (Å²) in [5.74, 6) is 0.695. The van der Waals surface area contributed by atoms with E-state index in [4.69, 9.17) is 0 Å². The van der Waals surface area contributed by atoms with E-state index in [1.165, 1.54) is 11.8 Å². The second-order valence-corrected chi connectivity index (χ2v) is 7.43. The van der Waals surface area contributed by atoms with E-state index < -0.39 is 0 Å². The predicted octanol–water partition coefficient (Wildman–Crippen LogP) is 4.33. The van der Waals surface area contributed by atoms with Crippen molar-refractivity contribution in [3.8, 4) is 17.1 Å². The number of allylic oxidation sites excluding steroid dienone is 1. The van der Waals surface area contributed by atoms with E-state index in [1.807, 2.05) is 34.9 Å². The molecule has 0 bridgehead atoms. The summed E-state index contributed by atoms with van der Waals surface area (Å²) in [6, 6.07) is 14.3. The van der Waals surface area contributed by atoms with Gasteiger partial charge in [0.2, 0.25) is 5.91 Å². The lowest BCUT2D eigenvalue weighted by molar-refractivity contribution is -0.113. The molecule has 2 aromatic carbocycles. The van der Waals surface area contributed by atoms with Crippen molar-refractivity contribution in [3.05, 3.63) is 65.7 Å². The number of phenolic OH excluding ortho intramolecular Hbond substituents is 1. The smallest absolute Gasteiger partial charge is 0.234 e. The topological polar surface area (TPSA) is 80.0 Å². The average molecular weight is 445 g/mol. The van der Waals surface area contributed by atoms with Crippen molar-refractivity contribution in [2.75, 3.05) is 11.1 Å². The van der Waals surface area contributed by atoms with Crippen LogP contribution in [0.3, 0.4) is 0 Å². The van der Waals surface area contributed by atoms with Crippen molar-refractivity contribution in [1.82, 2.24) is 14.8 Å². The zero-order chi connectivity index (χ0) is 19.2. The van der Waals surface area contributed by atoms with Crippen LogP contribution in [0.2, 0.25) is 0 Å². The van der Waals surface area contributed by atoms with E-state index in [0.717, 1.165) is 10.2 Å². The van der Waals surface area contributed by atoms with E-state index in [2.05, 4.69) is 38.0 Å². The van der Waals surface area contributed by atoms with Crippen molar-refractivity contribution < 1.29 is 9.90 Å². The van der Waals surface area contributed by atoms with Crippen molar-refractivity contribution in [1.29, 1.82) is 0 Å². The second kappa shape index (κ2) is 8.88. The number of phenols is 1.